The van der Waals surface area contributed by atoms with Crippen LogP contribution in [-0.4, -0.2) is 10.9 Å². The molecule has 3 N–H and O–H groups in total. The van der Waals surface area contributed by atoms with E-state index < -0.39 is 0 Å². The van der Waals surface area contributed by atoms with Crippen LogP contribution in [0.3, 0.4) is 0 Å². The van der Waals surface area contributed by atoms with E-state index in [1.165, 1.54) is 0 Å². The third-order valence-corrected chi connectivity index (χ3v) is 2.90. The number of rotatable bonds is 2. The van der Waals surface area contributed by atoms with Gasteiger partial charge < -0.3 is 11.1 Å². The fourth-order valence-electron chi connectivity index (χ4n) is 1.68. The molecule has 0 fully saturated rings. The first-order valence-electron chi connectivity index (χ1n) is 5.67. The number of pyridine rings is 1. The second-order valence-electron chi connectivity index (χ2n) is 4.14. The highest BCUT2D eigenvalue weighted by atomic mass is 16.1. The molecule has 0 saturated carbocycles. The van der Waals surface area contributed by atoms with Crippen LogP contribution in [0.5, 0.6) is 0 Å². The third kappa shape index (κ3) is 2.32. The number of anilines is 2. The van der Waals surface area contributed by atoms with Crippen LogP contribution in [0.15, 0.2) is 36.5 Å². The van der Waals surface area contributed by atoms with Crippen molar-refractivity contribution in [3.8, 4) is 0 Å². The van der Waals surface area contributed by atoms with Crippen molar-refractivity contribution in [1.29, 1.82) is 0 Å². The molecule has 0 saturated heterocycles. The Morgan fingerprint density at radius 3 is 2.67 bits per heavy atom. The number of aromatic nitrogens is 1. The van der Waals surface area contributed by atoms with Crippen LogP contribution >= 0.6 is 0 Å². The molecule has 4 nitrogen and oxygen atoms in total. The number of benzene rings is 1. The van der Waals surface area contributed by atoms with Crippen LogP contribution in [0.25, 0.3) is 0 Å². The van der Waals surface area contributed by atoms with Gasteiger partial charge in [0.25, 0.3) is 5.91 Å². The van der Waals surface area contributed by atoms with E-state index in [9.17, 15) is 4.79 Å². The number of aryl methyl sites for hydroxylation is 1. The van der Waals surface area contributed by atoms with Crippen LogP contribution in [0.1, 0.15) is 21.6 Å². The molecular formula is C14H15N3O. The summed E-state index contributed by atoms with van der Waals surface area (Å²) in [4.78, 5) is 16.0. The van der Waals surface area contributed by atoms with E-state index in [4.69, 9.17) is 5.73 Å². The molecule has 92 valence electrons. The zero-order chi connectivity index (χ0) is 13.1. The van der Waals surface area contributed by atoms with Crippen molar-refractivity contribution in [2.75, 3.05) is 11.1 Å². The standard InChI is InChI=1S/C14H15N3O/c1-9-6-7-11(15)13(10(9)2)17-14(18)12-5-3-4-8-16-12/h3-8H,15H2,1-2H3,(H,17,18). The molecule has 0 bridgehead atoms. The van der Waals surface area contributed by atoms with Crippen molar-refractivity contribution in [2.45, 2.75) is 13.8 Å². The van der Waals surface area contributed by atoms with Gasteiger partial charge in [-0.15, -0.1) is 0 Å². The van der Waals surface area contributed by atoms with Crippen LogP contribution < -0.4 is 11.1 Å². The molecule has 0 radical (unpaired) electrons. The molecule has 0 aliphatic heterocycles. The van der Waals surface area contributed by atoms with Crippen molar-refractivity contribution in [3.63, 3.8) is 0 Å². The van der Waals surface area contributed by atoms with E-state index in [1.54, 1.807) is 30.5 Å². The van der Waals surface area contributed by atoms with Crippen molar-refractivity contribution in [2.24, 2.45) is 0 Å². The van der Waals surface area contributed by atoms with E-state index >= 15 is 0 Å². The number of hydrogen-bond donors (Lipinski definition) is 2. The number of nitrogens with zero attached hydrogens (tertiary/aromatic N) is 1. The first-order chi connectivity index (χ1) is 8.59. The van der Waals surface area contributed by atoms with Gasteiger partial charge >= 0.3 is 0 Å². The Hall–Kier alpha value is -2.36. The molecule has 0 spiro atoms. The highest BCUT2D eigenvalue weighted by Crippen LogP contribution is 2.26. The Labute approximate surface area is 106 Å². The monoisotopic (exact) mass is 241 g/mol. The molecule has 0 atom stereocenters. The summed E-state index contributed by atoms with van der Waals surface area (Å²) >= 11 is 0. The van der Waals surface area contributed by atoms with E-state index in [2.05, 4.69) is 10.3 Å². The topological polar surface area (TPSA) is 68.0 Å². The Bertz CT molecular complexity index is 579. The van der Waals surface area contributed by atoms with Crippen molar-refractivity contribution in [1.82, 2.24) is 4.98 Å². The summed E-state index contributed by atoms with van der Waals surface area (Å²) in [6.45, 7) is 3.91. The molecule has 2 aromatic rings. The van der Waals surface area contributed by atoms with Gasteiger partial charge in [0.2, 0.25) is 0 Å². The van der Waals surface area contributed by atoms with Gasteiger partial charge in [-0.25, -0.2) is 0 Å². The molecule has 4 heteroatoms. The Morgan fingerprint density at radius 1 is 1.22 bits per heavy atom. The smallest absolute Gasteiger partial charge is 0.274 e. The number of nitrogens with one attached hydrogen (secondary N) is 1. The molecule has 1 amide bonds. The van der Waals surface area contributed by atoms with Gasteiger partial charge in [0.1, 0.15) is 5.69 Å². The minimum absolute atomic E-state index is 0.254. The quantitative estimate of drug-likeness (QED) is 0.794. The predicted molar refractivity (Wildman–Crippen MR) is 72.5 cm³/mol. The summed E-state index contributed by atoms with van der Waals surface area (Å²) in [7, 11) is 0. The largest absolute Gasteiger partial charge is 0.397 e. The summed E-state index contributed by atoms with van der Waals surface area (Å²) in [6, 6.07) is 8.92. The maximum Gasteiger partial charge on any atom is 0.274 e. The second-order valence-corrected chi connectivity index (χ2v) is 4.14. The van der Waals surface area contributed by atoms with Crippen LogP contribution in [0.2, 0.25) is 0 Å². The lowest BCUT2D eigenvalue weighted by Crippen LogP contribution is -2.15. The van der Waals surface area contributed by atoms with E-state index in [1.807, 2.05) is 19.9 Å². The van der Waals surface area contributed by atoms with Crippen molar-refractivity contribution in [3.05, 3.63) is 53.3 Å². The Balaban J connectivity index is 2.30. The molecule has 18 heavy (non-hydrogen) atoms. The fourth-order valence-corrected chi connectivity index (χ4v) is 1.68. The average Bonchev–Trinajstić information content (AvgIpc) is 2.40. The number of hydrogen-bond acceptors (Lipinski definition) is 3. The second kappa shape index (κ2) is 4.87. The number of amides is 1. The van der Waals surface area contributed by atoms with E-state index in [0.29, 0.717) is 17.1 Å². The summed E-state index contributed by atoms with van der Waals surface area (Å²) in [5.41, 5.74) is 9.53. The number of carbonyl (C=O) groups is 1. The van der Waals surface area contributed by atoms with Crippen molar-refractivity contribution < 1.29 is 4.79 Å². The van der Waals surface area contributed by atoms with Gasteiger partial charge in [-0.05, 0) is 43.2 Å². The van der Waals surface area contributed by atoms with Crippen molar-refractivity contribution >= 4 is 17.3 Å². The maximum absolute atomic E-state index is 12.0. The van der Waals surface area contributed by atoms with Gasteiger partial charge in [-0.3, -0.25) is 9.78 Å². The lowest BCUT2D eigenvalue weighted by molar-refractivity contribution is 0.102. The first kappa shape index (κ1) is 12.1. The van der Waals surface area contributed by atoms with Crippen LogP contribution in [-0.2, 0) is 0 Å². The minimum atomic E-state index is -0.254. The third-order valence-electron chi connectivity index (χ3n) is 2.90. The maximum atomic E-state index is 12.0. The highest BCUT2D eigenvalue weighted by molar-refractivity contribution is 6.05. The molecule has 0 aliphatic rings. The summed E-state index contributed by atoms with van der Waals surface area (Å²) in [5.74, 6) is -0.254. The zero-order valence-corrected chi connectivity index (χ0v) is 10.4. The fraction of sp³-hybridized carbons (Fsp3) is 0.143. The number of nitrogens with two attached hydrogens (primary N) is 1. The molecule has 1 aromatic carbocycles. The van der Waals surface area contributed by atoms with Gasteiger partial charge in [-0.2, -0.15) is 0 Å². The number of nitrogen functional groups attached to an aromatic ring is 1. The average molecular weight is 241 g/mol. The molecule has 1 heterocycles. The molecule has 1 aromatic heterocycles. The van der Waals surface area contributed by atoms with E-state index in [0.717, 1.165) is 11.1 Å². The normalized spacial score (nSPS) is 10.1. The van der Waals surface area contributed by atoms with E-state index in [-0.39, 0.29) is 5.91 Å². The molecule has 0 aliphatic carbocycles. The summed E-state index contributed by atoms with van der Waals surface area (Å²) in [5, 5.41) is 2.81. The molecule has 2 rings (SSSR count). The first-order valence-corrected chi connectivity index (χ1v) is 5.67. The molecule has 0 unspecified atom stereocenters. The van der Waals surface area contributed by atoms with Crippen LogP contribution in [0, 0.1) is 13.8 Å². The Kier molecular flexibility index (Phi) is 3.28. The SMILES string of the molecule is Cc1ccc(N)c(NC(=O)c2ccccn2)c1C. The number of carbonyl (C=O) groups excluding carboxylic acids is 1. The van der Waals surface area contributed by atoms with Gasteiger partial charge in [0, 0.05) is 6.20 Å². The highest BCUT2D eigenvalue weighted by Gasteiger charge is 2.11. The Morgan fingerprint density at radius 2 is 2.00 bits per heavy atom. The summed E-state index contributed by atoms with van der Waals surface area (Å²) < 4.78 is 0. The van der Waals surface area contributed by atoms with Gasteiger partial charge in [0.15, 0.2) is 0 Å². The van der Waals surface area contributed by atoms with Gasteiger partial charge in [-0.1, -0.05) is 12.1 Å². The zero-order valence-electron chi connectivity index (χ0n) is 10.4. The molecular weight excluding hydrogens is 226 g/mol. The minimum Gasteiger partial charge on any atom is -0.397 e. The predicted octanol–water partition coefficient (Wildman–Crippen LogP) is 2.53. The lowest BCUT2D eigenvalue weighted by atomic mass is 10.1. The van der Waals surface area contributed by atoms with Crippen LogP contribution in [0.4, 0.5) is 11.4 Å². The van der Waals surface area contributed by atoms with Gasteiger partial charge in [0.05, 0.1) is 11.4 Å². The lowest BCUT2D eigenvalue weighted by Gasteiger charge is -2.12. The summed E-state index contributed by atoms with van der Waals surface area (Å²) in [6.07, 6.45) is 1.58.